The van der Waals surface area contributed by atoms with Crippen LogP contribution in [0.15, 0.2) is 11.4 Å². The zero-order valence-corrected chi connectivity index (χ0v) is 9.51. The van der Waals surface area contributed by atoms with Gasteiger partial charge in [-0.05, 0) is 13.2 Å². The number of aromatic nitrogens is 2. The Kier molecular flexibility index (Phi) is 4.13. The molecular weight excluding hydrogens is 212 g/mol. The molecule has 0 saturated heterocycles. The second-order valence-electron chi connectivity index (χ2n) is 2.49. The molecule has 0 N–H and O–H groups in total. The Morgan fingerprint density at radius 2 is 2.33 bits per heavy atom. The highest BCUT2D eigenvalue weighted by Crippen LogP contribution is 2.12. The lowest BCUT2D eigenvalue weighted by atomic mass is 10.2. The summed E-state index contributed by atoms with van der Waals surface area (Å²) >= 11 is 1.36. The Morgan fingerprint density at radius 3 is 2.87 bits per heavy atom. The van der Waals surface area contributed by atoms with Crippen LogP contribution in [-0.4, -0.2) is 29.3 Å². The van der Waals surface area contributed by atoms with E-state index in [4.69, 9.17) is 0 Å². The molecule has 0 aromatic carbocycles. The summed E-state index contributed by atoms with van der Waals surface area (Å²) in [6, 6.07) is 0. The van der Waals surface area contributed by atoms with Gasteiger partial charge in [-0.25, -0.2) is 14.8 Å². The molecule has 1 aromatic rings. The maximum Gasteiger partial charge on any atom is 0.358 e. The minimum atomic E-state index is -0.495. The van der Waals surface area contributed by atoms with E-state index >= 15 is 0 Å². The molecule has 0 saturated carbocycles. The summed E-state index contributed by atoms with van der Waals surface area (Å²) < 4.78 is 4.62. The van der Waals surface area contributed by atoms with Crippen molar-refractivity contribution in [1.29, 1.82) is 0 Å². The predicted octanol–water partition coefficient (Wildman–Crippen LogP) is 1.36. The number of carbonyl (C=O) groups excluding carboxylic acids is 1. The van der Waals surface area contributed by atoms with Crippen molar-refractivity contribution in [3.63, 3.8) is 0 Å². The number of rotatable bonds is 2. The number of esters is 1. The number of nitrogens with zero attached hydrogens (tertiary/aromatic N) is 2. The van der Waals surface area contributed by atoms with Gasteiger partial charge in [0.05, 0.1) is 12.7 Å². The molecule has 1 aromatic heterocycles. The smallest absolute Gasteiger partial charge is 0.358 e. The second kappa shape index (κ2) is 5.37. The van der Waals surface area contributed by atoms with Crippen LogP contribution in [0.2, 0.25) is 0 Å². The Hall–Kier alpha value is -1.54. The fourth-order valence-corrected chi connectivity index (χ4v) is 1.28. The number of thioether (sulfide) groups is 1. The van der Waals surface area contributed by atoms with E-state index in [2.05, 4.69) is 26.5 Å². The van der Waals surface area contributed by atoms with Gasteiger partial charge in [0.1, 0.15) is 0 Å². The van der Waals surface area contributed by atoms with Crippen molar-refractivity contribution >= 4 is 17.7 Å². The van der Waals surface area contributed by atoms with Crippen LogP contribution in [0.3, 0.4) is 0 Å². The van der Waals surface area contributed by atoms with Crippen molar-refractivity contribution < 1.29 is 9.53 Å². The summed E-state index contributed by atoms with van der Waals surface area (Å²) in [5, 5.41) is 0.525. The molecule has 0 fully saturated rings. The Balaban J connectivity index is 3.26. The first-order valence-electron chi connectivity index (χ1n) is 4.15. The molecule has 0 aliphatic carbocycles. The Labute approximate surface area is 92.5 Å². The molecule has 0 aliphatic heterocycles. The van der Waals surface area contributed by atoms with E-state index in [1.54, 1.807) is 6.92 Å². The van der Waals surface area contributed by atoms with E-state index in [1.807, 2.05) is 6.26 Å². The highest BCUT2D eigenvalue weighted by atomic mass is 32.2. The lowest BCUT2D eigenvalue weighted by Gasteiger charge is -2.02. The minimum absolute atomic E-state index is 0.214. The van der Waals surface area contributed by atoms with Gasteiger partial charge in [0, 0.05) is 6.20 Å². The van der Waals surface area contributed by atoms with Gasteiger partial charge in [0.15, 0.2) is 10.9 Å². The summed E-state index contributed by atoms with van der Waals surface area (Å²) in [5.74, 6) is 4.96. The summed E-state index contributed by atoms with van der Waals surface area (Å²) in [4.78, 5) is 19.5. The predicted molar refractivity (Wildman–Crippen MR) is 57.7 cm³/mol. The van der Waals surface area contributed by atoms with Crippen molar-refractivity contribution in [3.05, 3.63) is 17.5 Å². The number of methoxy groups -OCH3 is 1. The fraction of sp³-hybridized carbons (Fsp3) is 0.300. The van der Waals surface area contributed by atoms with Gasteiger partial charge in [-0.15, -0.1) is 5.92 Å². The third-order valence-electron chi connectivity index (χ3n) is 1.59. The third-order valence-corrected chi connectivity index (χ3v) is 2.15. The number of ether oxygens (including phenoxy) is 1. The monoisotopic (exact) mass is 222 g/mol. The molecule has 5 heteroatoms. The van der Waals surface area contributed by atoms with Crippen LogP contribution in [0.25, 0.3) is 0 Å². The van der Waals surface area contributed by atoms with E-state index in [1.165, 1.54) is 25.1 Å². The molecule has 78 valence electrons. The molecule has 15 heavy (non-hydrogen) atoms. The topological polar surface area (TPSA) is 52.1 Å². The maximum atomic E-state index is 11.4. The number of carbonyl (C=O) groups is 1. The highest BCUT2D eigenvalue weighted by Gasteiger charge is 2.14. The van der Waals surface area contributed by atoms with Crippen LogP contribution >= 0.6 is 11.8 Å². The first-order valence-corrected chi connectivity index (χ1v) is 5.37. The quantitative estimate of drug-likeness (QED) is 0.327. The van der Waals surface area contributed by atoms with Crippen LogP contribution in [0, 0.1) is 11.8 Å². The molecule has 0 bridgehead atoms. The molecule has 0 atom stereocenters. The van der Waals surface area contributed by atoms with Crippen LogP contribution in [0.1, 0.15) is 23.0 Å². The van der Waals surface area contributed by atoms with Crippen molar-refractivity contribution in [2.75, 3.05) is 13.4 Å². The zero-order valence-electron chi connectivity index (χ0n) is 8.70. The standard InChI is InChI=1S/C10H10N2O2S/c1-4-5-7-6-11-10(15-3)12-8(7)9(13)14-2/h6H,1-3H3. The largest absolute Gasteiger partial charge is 0.464 e. The molecule has 0 unspecified atom stereocenters. The van der Waals surface area contributed by atoms with E-state index in [-0.39, 0.29) is 5.69 Å². The fourth-order valence-electron chi connectivity index (χ4n) is 0.942. The average Bonchev–Trinajstić information content (AvgIpc) is 2.29. The van der Waals surface area contributed by atoms with Gasteiger partial charge >= 0.3 is 5.97 Å². The van der Waals surface area contributed by atoms with Gasteiger partial charge in [-0.3, -0.25) is 0 Å². The van der Waals surface area contributed by atoms with Crippen molar-refractivity contribution in [2.45, 2.75) is 12.1 Å². The van der Waals surface area contributed by atoms with Gasteiger partial charge in [0.2, 0.25) is 0 Å². The zero-order chi connectivity index (χ0) is 11.3. The summed E-state index contributed by atoms with van der Waals surface area (Å²) in [7, 11) is 1.31. The number of hydrogen-bond acceptors (Lipinski definition) is 5. The summed E-state index contributed by atoms with van der Waals surface area (Å²) in [6.45, 7) is 1.68. The van der Waals surface area contributed by atoms with E-state index in [0.29, 0.717) is 10.7 Å². The van der Waals surface area contributed by atoms with E-state index in [0.717, 1.165) is 0 Å². The summed E-state index contributed by atoms with van der Waals surface area (Å²) in [6.07, 6.45) is 3.36. The molecule has 1 heterocycles. The first kappa shape index (κ1) is 11.5. The van der Waals surface area contributed by atoms with Gasteiger partial charge in [0.25, 0.3) is 0 Å². The third kappa shape index (κ3) is 2.70. The Bertz CT molecular complexity index is 435. The molecule has 0 radical (unpaired) electrons. The Morgan fingerprint density at radius 1 is 1.60 bits per heavy atom. The average molecular weight is 222 g/mol. The van der Waals surface area contributed by atoms with Gasteiger partial charge < -0.3 is 4.74 Å². The van der Waals surface area contributed by atoms with Crippen molar-refractivity contribution in [3.8, 4) is 11.8 Å². The lowest BCUT2D eigenvalue weighted by Crippen LogP contribution is -2.08. The van der Waals surface area contributed by atoms with Crippen LogP contribution in [0.5, 0.6) is 0 Å². The molecule has 0 amide bonds. The van der Waals surface area contributed by atoms with Crippen molar-refractivity contribution in [1.82, 2.24) is 9.97 Å². The highest BCUT2D eigenvalue weighted by molar-refractivity contribution is 7.98. The maximum absolute atomic E-state index is 11.4. The van der Waals surface area contributed by atoms with Crippen LogP contribution < -0.4 is 0 Å². The molecule has 0 aliphatic rings. The SMILES string of the molecule is CC#Cc1cnc(SC)nc1C(=O)OC. The molecule has 4 nitrogen and oxygen atoms in total. The van der Waals surface area contributed by atoms with Crippen LogP contribution in [-0.2, 0) is 4.74 Å². The van der Waals surface area contributed by atoms with Gasteiger partial charge in [-0.1, -0.05) is 17.7 Å². The van der Waals surface area contributed by atoms with Gasteiger partial charge in [-0.2, -0.15) is 0 Å². The molecular formula is C10H10N2O2S. The normalized spacial score (nSPS) is 9.00. The molecule has 1 rings (SSSR count). The summed E-state index contributed by atoms with van der Waals surface area (Å²) in [5.41, 5.74) is 0.702. The van der Waals surface area contributed by atoms with E-state index in [9.17, 15) is 4.79 Å². The number of hydrogen-bond donors (Lipinski definition) is 0. The first-order chi connectivity index (χ1) is 7.22. The van der Waals surface area contributed by atoms with Crippen molar-refractivity contribution in [2.24, 2.45) is 0 Å². The lowest BCUT2D eigenvalue weighted by molar-refractivity contribution is 0.0592. The minimum Gasteiger partial charge on any atom is -0.464 e. The molecule has 0 spiro atoms. The van der Waals surface area contributed by atoms with E-state index < -0.39 is 5.97 Å². The second-order valence-corrected chi connectivity index (χ2v) is 3.26. The van der Waals surface area contributed by atoms with Crippen LogP contribution in [0.4, 0.5) is 0 Å².